The highest BCUT2D eigenvalue weighted by Gasteiger charge is 2.11. The van der Waals surface area contributed by atoms with Crippen molar-refractivity contribution in [3.63, 3.8) is 0 Å². The van der Waals surface area contributed by atoms with Crippen LogP contribution in [0.25, 0.3) is 32.9 Å². The Morgan fingerprint density at radius 1 is 1.09 bits per heavy atom. The molecule has 0 atom stereocenters. The molecule has 5 aromatic rings. The molecule has 0 fully saturated rings. The number of anilines is 1. The number of benzene rings is 2. The number of halogens is 2. The minimum Gasteiger partial charge on any atom is -0.457 e. The molecule has 1 N–H and O–H groups in total. The minimum absolute atomic E-state index is 0.282. The minimum atomic E-state index is -0.282. The van der Waals surface area contributed by atoms with Gasteiger partial charge in [-0.15, -0.1) is 10.2 Å². The van der Waals surface area contributed by atoms with E-state index in [9.17, 15) is 4.79 Å². The van der Waals surface area contributed by atoms with Crippen molar-refractivity contribution in [2.24, 2.45) is 0 Å². The van der Waals surface area contributed by atoms with Crippen molar-refractivity contribution in [1.29, 1.82) is 0 Å². The standard InChI is InChI=1S/C22H13Cl2N5O2S/c23-17-3-1-2-16(20(17)24)18-10-8-15(31-18)9-11-19(30)26-14-6-4-13(5-7-14)21-28-29-12-25-27-22(29)32-21/h1-12H,(H,26,30). The Labute approximate surface area is 195 Å². The summed E-state index contributed by atoms with van der Waals surface area (Å²) >= 11 is 13.7. The van der Waals surface area contributed by atoms with Crippen molar-refractivity contribution in [2.45, 2.75) is 0 Å². The molecule has 3 heterocycles. The largest absolute Gasteiger partial charge is 0.457 e. The first-order chi connectivity index (χ1) is 15.6. The molecule has 158 valence electrons. The van der Waals surface area contributed by atoms with Gasteiger partial charge in [0.15, 0.2) is 0 Å². The number of hydrogen-bond acceptors (Lipinski definition) is 6. The molecule has 0 saturated carbocycles. The van der Waals surface area contributed by atoms with Gasteiger partial charge in [-0.1, -0.05) is 40.6 Å². The van der Waals surface area contributed by atoms with E-state index in [4.69, 9.17) is 27.6 Å². The Kier molecular flexibility index (Phi) is 5.48. The summed E-state index contributed by atoms with van der Waals surface area (Å²) in [6.07, 6.45) is 4.55. The number of furan rings is 1. The van der Waals surface area contributed by atoms with Crippen LogP contribution in [0.5, 0.6) is 0 Å². The number of hydrogen-bond donors (Lipinski definition) is 1. The monoisotopic (exact) mass is 481 g/mol. The lowest BCUT2D eigenvalue weighted by molar-refractivity contribution is -0.111. The molecule has 0 saturated heterocycles. The highest BCUT2D eigenvalue weighted by Crippen LogP contribution is 2.34. The fourth-order valence-corrected chi connectivity index (χ4v) is 4.21. The molecule has 3 aromatic heterocycles. The number of nitrogens with one attached hydrogen (secondary N) is 1. The molecule has 5 rings (SSSR count). The van der Waals surface area contributed by atoms with Gasteiger partial charge in [-0.25, -0.2) is 0 Å². The molecule has 0 bridgehead atoms. The van der Waals surface area contributed by atoms with Gasteiger partial charge in [-0.3, -0.25) is 4.79 Å². The fourth-order valence-electron chi connectivity index (χ4n) is 3.00. The Morgan fingerprint density at radius 2 is 1.94 bits per heavy atom. The van der Waals surface area contributed by atoms with Gasteiger partial charge < -0.3 is 9.73 Å². The van der Waals surface area contributed by atoms with E-state index >= 15 is 0 Å². The molecule has 0 radical (unpaired) electrons. The van der Waals surface area contributed by atoms with Crippen LogP contribution in [0.1, 0.15) is 5.76 Å². The molecule has 0 spiro atoms. The normalized spacial score (nSPS) is 11.4. The summed E-state index contributed by atoms with van der Waals surface area (Å²) in [5.74, 6) is 0.804. The molecule has 7 nitrogen and oxygen atoms in total. The SMILES string of the molecule is O=C(C=Cc1ccc(-c2cccc(Cl)c2Cl)o1)Nc1ccc(-c2nn3cnnc3s2)cc1. The number of fused-ring (bicyclic) bond motifs is 1. The van der Waals surface area contributed by atoms with E-state index in [2.05, 4.69) is 20.6 Å². The van der Waals surface area contributed by atoms with E-state index in [1.54, 1.807) is 41.2 Å². The van der Waals surface area contributed by atoms with Crippen molar-refractivity contribution in [3.05, 3.63) is 82.8 Å². The highest BCUT2D eigenvalue weighted by atomic mass is 35.5. The molecule has 1 amide bonds. The van der Waals surface area contributed by atoms with Crippen LogP contribution in [0, 0.1) is 0 Å². The Morgan fingerprint density at radius 3 is 2.75 bits per heavy atom. The number of carbonyl (C=O) groups excluding carboxylic acids is 1. The smallest absolute Gasteiger partial charge is 0.248 e. The third-order valence-corrected chi connectivity index (χ3v) is 6.31. The van der Waals surface area contributed by atoms with Crippen LogP contribution in [-0.4, -0.2) is 25.7 Å². The summed E-state index contributed by atoms with van der Waals surface area (Å²) in [5, 5.41) is 16.7. The number of amides is 1. The third kappa shape index (κ3) is 4.16. The zero-order valence-corrected chi connectivity index (χ0v) is 18.5. The van der Waals surface area contributed by atoms with E-state index in [0.717, 1.165) is 15.5 Å². The summed E-state index contributed by atoms with van der Waals surface area (Å²) in [7, 11) is 0. The van der Waals surface area contributed by atoms with Crippen molar-refractivity contribution >= 4 is 57.2 Å². The summed E-state index contributed by atoms with van der Waals surface area (Å²) in [4.78, 5) is 13.0. The molecule has 0 aliphatic carbocycles. The first-order valence-corrected chi connectivity index (χ1v) is 10.9. The number of nitrogens with zero attached hydrogens (tertiary/aromatic N) is 4. The topological polar surface area (TPSA) is 85.3 Å². The van der Waals surface area contributed by atoms with Gasteiger partial charge in [0, 0.05) is 22.9 Å². The Bertz CT molecular complexity index is 1420. The van der Waals surface area contributed by atoms with Gasteiger partial charge >= 0.3 is 0 Å². The van der Waals surface area contributed by atoms with Gasteiger partial charge in [-0.2, -0.15) is 9.61 Å². The second kappa shape index (κ2) is 8.58. The van der Waals surface area contributed by atoms with Crippen LogP contribution in [-0.2, 0) is 4.79 Å². The van der Waals surface area contributed by atoms with Crippen molar-refractivity contribution < 1.29 is 9.21 Å². The van der Waals surface area contributed by atoms with E-state index in [0.29, 0.717) is 32.8 Å². The fraction of sp³-hybridized carbons (Fsp3) is 0. The van der Waals surface area contributed by atoms with Crippen LogP contribution in [0.3, 0.4) is 0 Å². The maximum absolute atomic E-state index is 12.3. The van der Waals surface area contributed by atoms with Gasteiger partial charge in [-0.05, 0) is 54.6 Å². The number of aromatic nitrogens is 4. The van der Waals surface area contributed by atoms with E-state index in [-0.39, 0.29) is 5.91 Å². The molecule has 0 unspecified atom stereocenters. The average molecular weight is 482 g/mol. The summed E-state index contributed by atoms with van der Waals surface area (Å²) in [6.45, 7) is 0. The predicted octanol–water partition coefficient (Wildman–Crippen LogP) is 6.07. The van der Waals surface area contributed by atoms with Crippen LogP contribution < -0.4 is 5.32 Å². The zero-order valence-electron chi connectivity index (χ0n) is 16.2. The maximum Gasteiger partial charge on any atom is 0.248 e. The quantitative estimate of drug-likeness (QED) is 0.307. The van der Waals surface area contributed by atoms with Gasteiger partial charge in [0.1, 0.15) is 22.9 Å². The third-order valence-electron chi connectivity index (χ3n) is 4.53. The lowest BCUT2D eigenvalue weighted by Gasteiger charge is -2.03. The lowest BCUT2D eigenvalue weighted by atomic mass is 10.2. The molecule has 10 heteroatoms. The van der Waals surface area contributed by atoms with Crippen LogP contribution >= 0.6 is 34.5 Å². The van der Waals surface area contributed by atoms with Crippen molar-refractivity contribution in [2.75, 3.05) is 5.32 Å². The average Bonchev–Trinajstić information content (AvgIpc) is 3.51. The highest BCUT2D eigenvalue weighted by molar-refractivity contribution is 7.19. The molecule has 0 aliphatic heterocycles. The predicted molar refractivity (Wildman–Crippen MR) is 126 cm³/mol. The van der Waals surface area contributed by atoms with E-state index in [1.807, 2.05) is 30.3 Å². The van der Waals surface area contributed by atoms with Crippen LogP contribution in [0.4, 0.5) is 5.69 Å². The summed E-state index contributed by atoms with van der Waals surface area (Å²) < 4.78 is 7.39. The molecule has 32 heavy (non-hydrogen) atoms. The van der Waals surface area contributed by atoms with Crippen LogP contribution in [0.2, 0.25) is 10.0 Å². The second-order valence-electron chi connectivity index (χ2n) is 6.67. The number of carbonyl (C=O) groups is 1. The Hall–Kier alpha value is -3.46. The Balaban J connectivity index is 1.24. The maximum atomic E-state index is 12.3. The first-order valence-electron chi connectivity index (χ1n) is 9.37. The van der Waals surface area contributed by atoms with Gasteiger partial charge in [0.25, 0.3) is 0 Å². The van der Waals surface area contributed by atoms with Gasteiger partial charge in [0.2, 0.25) is 10.9 Å². The van der Waals surface area contributed by atoms with E-state index in [1.165, 1.54) is 17.4 Å². The van der Waals surface area contributed by atoms with Crippen LogP contribution in [0.15, 0.2) is 71.4 Å². The molecular weight excluding hydrogens is 469 g/mol. The zero-order chi connectivity index (χ0) is 22.1. The van der Waals surface area contributed by atoms with E-state index < -0.39 is 0 Å². The molecular formula is C22H13Cl2N5O2S. The number of rotatable bonds is 5. The lowest BCUT2D eigenvalue weighted by Crippen LogP contribution is -2.07. The molecule has 2 aromatic carbocycles. The summed E-state index contributed by atoms with van der Waals surface area (Å²) in [5.41, 5.74) is 2.28. The van der Waals surface area contributed by atoms with Crippen molar-refractivity contribution in [1.82, 2.24) is 19.8 Å². The van der Waals surface area contributed by atoms with Crippen molar-refractivity contribution in [3.8, 4) is 21.9 Å². The molecule has 0 aliphatic rings. The second-order valence-corrected chi connectivity index (χ2v) is 8.41. The summed E-state index contributed by atoms with van der Waals surface area (Å²) in [6, 6.07) is 16.3. The first kappa shape index (κ1) is 20.4. The van der Waals surface area contributed by atoms with Gasteiger partial charge in [0.05, 0.1) is 10.0 Å².